The van der Waals surface area contributed by atoms with Crippen LogP contribution in [0.15, 0.2) is 59.6 Å². The molecule has 0 aromatic heterocycles. The zero-order chi connectivity index (χ0) is 28.4. The van der Waals surface area contributed by atoms with Crippen LogP contribution in [0.3, 0.4) is 0 Å². The molecule has 1 fully saturated rings. The molecule has 11 heteroatoms. The maximum Gasteiger partial charge on any atom is 0.408 e. The predicted molar refractivity (Wildman–Crippen MR) is 139 cm³/mol. The van der Waals surface area contributed by atoms with E-state index in [1.54, 1.807) is 69.3 Å². The Hall–Kier alpha value is -3.89. The van der Waals surface area contributed by atoms with E-state index in [-0.39, 0.29) is 18.0 Å². The zero-order valence-electron chi connectivity index (χ0n) is 21.9. The fraction of sp³-hybridized carbons (Fsp3) is 0.429. The molecule has 3 amide bonds. The highest BCUT2D eigenvalue weighted by molar-refractivity contribution is 6.14. The summed E-state index contributed by atoms with van der Waals surface area (Å²) in [6, 6.07) is 14.0. The number of hydrogen-bond acceptors (Lipinski definition) is 5. The molecular weight excluding hydrogens is 513 g/mol. The number of carbonyl (C=O) groups is 3. The van der Waals surface area contributed by atoms with E-state index in [1.807, 2.05) is 0 Å². The van der Waals surface area contributed by atoms with Crippen LogP contribution in [0.1, 0.15) is 44.7 Å². The largest absolute Gasteiger partial charge is 0.444 e. The number of halogens is 3. The van der Waals surface area contributed by atoms with Gasteiger partial charge in [0.1, 0.15) is 18.2 Å². The Balaban J connectivity index is 1.65. The van der Waals surface area contributed by atoms with Crippen molar-refractivity contribution in [1.29, 1.82) is 0 Å². The van der Waals surface area contributed by atoms with Crippen molar-refractivity contribution in [3.05, 3.63) is 65.7 Å². The molecule has 0 bridgehead atoms. The predicted octanol–water partition coefficient (Wildman–Crippen LogP) is 4.37. The molecule has 2 unspecified atom stereocenters. The number of nitrogens with one attached hydrogen (secondary N) is 2. The van der Waals surface area contributed by atoms with E-state index in [1.165, 1.54) is 6.07 Å². The van der Waals surface area contributed by atoms with Crippen LogP contribution in [0.2, 0.25) is 0 Å². The first-order valence-electron chi connectivity index (χ1n) is 12.7. The average molecular weight is 545 g/mol. The molecule has 1 aliphatic carbocycles. The Morgan fingerprint density at radius 1 is 1.05 bits per heavy atom. The maximum atomic E-state index is 13.6. The lowest BCUT2D eigenvalue weighted by Crippen LogP contribution is -2.55. The molecular formula is C28H31F3N4O4. The van der Waals surface area contributed by atoms with E-state index in [2.05, 4.69) is 15.6 Å². The van der Waals surface area contributed by atoms with Gasteiger partial charge in [0.25, 0.3) is 5.91 Å². The van der Waals surface area contributed by atoms with Gasteiger partial charge in [-0.25, -0.2) is 4.79 Å². The highest BCUT2D eigenvalue weighted by atomic mass is 19.4. The molecule has 4 rings (SSSR count). The van der Waals surface area contributed by atoms with Crippen LogP contribution in [0.25, 0.3) is 0 Å². The Morgan fingerprint density at radius 2 is 1.69 bits per heavy atom. The summed E-state index contributed by atoms with van der Waals surface area (Å²) in [6.07, 6.45) is -5.54. The monoisotopic (exact) mass is 544 g/mol. The first-order chi connectivity index (χ1) is 18.3. The summed E-state index contributed by atoms with van der Waals surface area (Å²) in [5.41, 5.74) is 0.891. The van der Waals surface area contributed by atoms with Crippen LogP contribution >= 0.6 is 0 Å². The number of aliphatic imine (C=N–C) groups is 1. The lowest BCUT2D eigenvalue weighted by molar-refractivity contribution is -0.135. The average Bonchev–Trinajstić information content (AvgIpc) is 3.69. The van der Waals surface area contributed by atoms with Crippen LogP contribution in [-0.2, 0) is 20.7 Å². The summed E-state index contributed by atoms with van der Waals surface area (Å²) in [4.78, 5) is 44.6. The van der Waals surface area contributed by atoms with Crippen molar-refractivity contribution < 1.29 is 32.3 Å². The van der Waals surface area contributed by atoms with E-state index in [0.29, 0.717) is 21.7 Å². The number of ether oxygens (including phenoxy) is 1. The molecule has 2 atom stereocenters. The molecule has 39 heavy (non-hydrogen) atoms. The normalized spacial score (nSPS) is 18.4. The topological polar surface area (TPSA) is 100 Å². The van der Waals surface area contributed by atoms with Crippen molar-refractivity contribution in [2.75, 3.05) is 11.4 Å². The van der Waals surface area contributed by atoms with Crippen LogP contribution in [0.4, 0.5) is 23.7 Å². The van der Waals surface area contributed by atoms with Gasteiger partial charge in [-0.05, 0) is 45.2 Å². The van der Waals surface area contributed by atoms with Gasteiger partial charge in [0.2, 0.25) is 12.1 Å². The van der Waals surface area contributed by atoms with Crippen molar-refractivity contribution in [2.45, 2.75) is 64.0 Å². The second kappa shape index (κ2) is 11.1. The minimum Gasteiger partial charge on any atom is -0.444 e. The lowest BCUT2D eigenvalue weighted by atomic mass is 10.0. The standard InChI is InChI=1S/C28H31F3N4O4/c1-27(2,3)39-26(38)32-20(15-17-9-5-4-6-10-17)24(36)34-23-25(37)35(16-28(29,30)31)21-12-8-7-11-19(21)22(33-23)18-13-14-18/h4-12,18,20,23H,13-16H2,1-3H3,(H,32,38)(H,34,36). The van der Waals surface area contributed by atoms with E-state index < -0.39 is 48.4 Å². The number of hydrogen-bond donors (Lipinski definition) is 2. The lowest BCUT2D eigenvalue weighted by Gasteiger charge is -2.27. The van der Waals surface area contributed by atoms with Gasteiger partial charge in [-0.3, -0.25) is 19.5 Å². The van der Waals surface area contributed by atoms with Gasteiger partial charge in [-0.1, -0.05) is 48.5 Å². The van der Waals surface area contributed by atoms with E-state index in [4.69, 9.17) is 4.74 Å². The van der Waals surface area contributed by atoms with Gasteiger partial charge in [-0.15, -0.1) is 0 Å². The molecule has 1 heterocycles. The third-order valence-electron chi connectivity index (χ3n) is 6.11. The fourth-order valence-electron chi connectivity index (χ4n) is 4.32. The molecule has 2 N–H and O–H groups in total. The quantitative estimate of drug-likeness (QED) is 0.541. The van der Waals surface area contributed by atoms with Crippen LogP contribution in [0, 0.1) is 5.92 Å². The Morgan fingerprint density at radius 3 is 2.31 bits per heavy atom. The summed E-state index contributed by atoms with van der Waals surface area (Å²) < 4.78 is 46.0. The third-order valence-corrected chi connectivity index (χ3v) is 6.11. The molecule has 1 saturated carbocycles. The van der Waals surface area contributed by atoms with Crippen molar-refractivity contribution in [3.8, 4) is 0 Å². The maximum absolute atomic E-state index is 13.6. The number of amides is 3. The van der Waals surface area contributed by atoms with Gasteiger partial charge in [0.15, 0.2) is 0 Å². The minimum absolute atomic E-state index is 0.0239. The number of nitrogens with zero attached hydrogens (tertiary/aromatic N) is 2. The van der Waals surface area contributed by atoms with Gasteiger partial charge >= 0.3 is 12.3 Å². The second-order valence-corrected chi connectivity index (χ2v) is 10.6. The highest BCUT2D eigenvalue weighted by Gasteiger charge is 2.42. The molecule has 2 aromatic carbocycles. The second-order valence-electron chi connectivity index (χ2n) is 10.6. The molecule has 0 spiro atoms. The number of carbonyl (C=O) groups excluding carboxylic acids is 3. The number of anilines is 1. The molecule has 8 nitrogen and oxygen atoms in total. The smallest absolute Gasteiger partial charge is 0.408 e. The van der Waals surface area contributed by atoms with Crippen LogP contribution < -0.4 is 15.5 Å². The summed E-state index contributed by atoms with van der Waals surface area (Å²) in [5, 5.41) is 5.03. The number of alkyl halides is 3. The van der Waals surface area contributed by atoms with Gasteiger partial charge in [0, 0.05) is 17.9 Å². The van der Waals surface area contributed by atoms with E-state index >= 15 is 0 Å². The van der Waals surface area contributed by atoms with Crippen molar-refractivity contribution in [3.63, 3.8) is 0 Å². The summed E-state index contributed by atoms with van der Waals surface area (Å²) in [5.74, 6) is -1.82. The number of benzodiazepines with no additional fused rings is 1. The highest BCUT2D eigenvalue weighted by Crippen LogP contribution is 2.38. The van der Waals surface area contributed by atoms with Gasteiger partial charge in [0.05, 0.1) is 11.4 Å². The first kappa shape index (κ1) is 28.1. The minimum atomic E-state index is -4.68. The SMILES string of the molecule is CC(C)(C)OC(=O)NC(Cc1ccccc1)C(=O)NC1N=C(C2CC2)c2ccccc2N(CC(F)(F)F)C1=O. The van der Waals surface area contributed by atoms with E-state index in [0.717, 1.165) is 12.8 Å². The molecule has 1 aliphatic heterocycles. The summed E-state index contributed by atoms with van der Waals surface area (Å²) >= 11 is 0. The summed E-state index contributed by atoms with van der Waals surface area (Å²) in [6.45, 7) is 3.48. The summed E-state index contributed by atoms with van der Waals surface area (Å²) in [7, 11) is 0. The number of rotatable bonds is 7. The van der Waals surface area contributed by atoms with Crippen molar-refractivity contribution in [1.82, 2.24) is 10.6 Å². The van der Waals surface area contributed by atoms with E-state index in [9.17, 15) is 27.6 Å². The van der Waals surface area contributed by atoms with Crippen molar-refractivity contribution >= 4 is 29.3 Å². The molecule has 0 saturated heterocycles. The molecule has 2 aromatic rings. The number of benzene rings is 2. The molecule has 2 aliphatic rings. The third kappa shape index (κ3) is 7.58. The van der Waals surface area contributed by atoms with Gasteiger partial charge in [-0.2, -0.15) is 13.2 Å². The van der Waals surface area contributed by atoms with Crippen LogP contribution in [0.5, 0.6) is 0 Å². The fourth-order valence-corrected chi connectivity index (χ4v) is 4.32. The zero-order valence-corrected chi connectivity index (χ0v) is 21.9. The van der Waals surface area contributed by atoms with Crippen molar-refractivity contribution in [2.24, 2.45) is 10.9 Å². The Kier molecular flexibility index (Phi) is 7.99. The van der Waals surface area contributed by atoms with Crippen LogP contribution in [-0.4, -0.2) is 54.1 Å². The Labute approximate surface area is 224 Å². The molecule has 208 valence electrons. The van der Waals surface area contributed by atoms with Gasteiger partial charge < -0.3 is 15.4 Å². The number of fused-ring (bicyclic) bond motifs is 1. The number of alkyl carbamates (subject to hydrolysis) is 1. The Bertz CT molecular complexity index is 1250. The number of para-hydroxylation sites is 1. The first-order valence-corrected chi connectivity index (χ1v) is 12.7. The molecule has 0 radical (unpaired) electrons.